The molecule has 2 heterocycles. The van der Waals surface area contributed by atoms with E-state index in [4.69, 9.17) is 18.6 Å². The molecule has 41 heavy (non-hydrogen) atoms. The fourth-order valence-corrected chi connectivity index (χ4v) is 5.19. The summed E-state index contributed by atoms with van der Waals surface area (Å²) in [5, 5.41) is 0.396. The van der Waals surface area contributed by atoms with Gasteiger partial charge in [-0.2, -0.15) is 0 Å². The number of carbonyl (C=O) groups excluding carboxylic acids is 1. The molecule has 1 atom stereocenters. The predicted molar refractivity (Wildman–Crippen MR) is 159 cm³/mol. The Bertz CT molecular complexity index is 1490. The molecule has 1 aliphatic rings. The van der Waals surface area contributed by atoms with Crippen LogP contribution in [0, 0.1) is 6.92 Å². The molecule has 1 unspecified atom stereocenters. The van der Waals surface area contributed by atoms with Crippen molar-refractivity contribution in [3.8, 4) is 5.75 Å². The molecule has 0 radical (unpaired) electrons. The standard InChI is InChI=1S/C34H37NO6/c1-3-38-34(37)32-23-30(36)29-15-14-28(22-31(29)41-32)39-21-7-18-35-19-16-27(17-20-35)40-33(25-8-5-4-6-9-25)26-12-10-24(2)11-13-26/h4-6,8-15,22-23,27,33H,3,7,16-21H2,1-2H3. The first kappa shape index (κ1) is 28.6. The molecule has 5 rings (SSSR count). The number of piperidine rings is 1. The summed E-state index contributed by atoms with van der Waals surface area (Å²) in [6, 6.07) is 25.3. The van der Waals surface area contributed by atoms with Crippen molar-refractivity contribution in [2.45, 2.75) is 45.3 Å². The summed E-state index contributed by atoms with van der Waals surface area (Å²) in [5.41, 5.74) is 3.63. The van der Waals surface area contributed by atoms with Crippen LogP contribution in [-0.2, 0) is 9.47 Å². The molecule has 0 bridgehead atoms. The van der Waals surface area contributed by atoms with E-state index >= 15 is 0 Å². The average molecular weight is 556 g/mol. The van der Waals surface area contributed by atoms with Gasteiger partial charge >= 0.3 is 5.97 Å². The molecule has 3 aromatic carbocycles. The predicted octanol–water partition coefficient (Wildman–Crippen LogP) is 6.32. The topological polar surface area (TPSA) is 78.2 Å². The molecule has 0 saturated carbocycles. The Morgan fingerprint density at radius 1 is 0.976 bits per heavy atom. The number of carbonyl (C=O) groups is 1. The van der Waals surface area contributed by atoms with Crippen molar-refractivity contribution in [3.05, 3.63) is 112 Å². The maximum absolute atomic E-state index is 12.4. The minimum Gasteiger partial charge on any atom is -0.493 e. The van der Waals surface area contributed by atoms with Crippen LogP contribution in [0.2, 0.25) is 0 Å². The van der Waals surface area contributed by atoms with Gasteiger partial charge in [-0.25, -0.2) is 4.79 Å². The van der Waals surface area contributed by atoms with Crippen LogP contribution in [0.15, 0.2) is 88.1 Å². The number of aryl methyl sites for hydroxylation is 1. The van der Waals surface area contributed by atoms with Crippen molar-refractivity contribution in [2.24, 2.45) is 0 Å². The highest BCUT2D eigenvalue weighted by molar-refractivity contribution is 5.89. The zero-order chi connectivity index (χ0) is 28.6. The van der Waals surface area contributed by atoms with E-state index in [-0.39, 0.29) is 30.0 Å². The van der Waals surface area contributed by atoms with Gasteiger partial charge in [0.2, 0.25) is 5.76 Å². The van der Waals surface area contributed by atoms with Gasteiger partial charge in [0.25, 0.3) is 0 Å². The van der Waals surface area contributed by atoms with E-state index in [0.29, 0.717) is 23.3 Å². The molecule has 4 aromatic rings. The lowest BCUT2D eigenvalue weighted by Crippen LogP contribution is -2.38. The van der Waals surface area contributed by atoms with E-state index in [1.54, 1.807) is 25.1 Å². The Hall–Kier alpha value is -3.94. The summed E-state index contributed by atoms with van der Waals surface area (Å²) in [6.45, 7) is 7.45. The van der Waals surface area contributed by atoms with Crippen LogP contribution in [0.25, 0.3) is 11.0 Å². The molecule has 1 fully saturated rings. The zero-order valence-electron chi connectivity index (χ0n) is 23.7. The Morgan fingerprint density at radius 3 is 2.44 bits per heavy atom. The van der Waals surface area contributed by atoms with Crippen LogP contribution in [-0.4, -0.2) is 49.8 Å². The maximum atomic E-state index is 12.4. The lowest BCUT2D eigenvalue weighted by Gasteiger charge is -2.34. The van der Waals surface area contributed by atoms with E-state index < -0.39 is 5.97 Å². The number of hydrogen-bond donors (Lipinski definition) is 0. The zero-order valence-corrected chi connectivity index (χ0v) is 23.7. The Morgan fingerprint density at radius 2 is 1.71 bits per heavy atom. The second kappa shape index (κ2) is 13.6. The number of hydrogen-bond acceptors (Lipinski definition) is 7. The third-order valence-electron chi connectivity index (χ3n) is 7.41. The third kappa shape index (κ3) is 7.43. The van der Waals surface area contributed by atoms with Gasteiger partial charge in [-0.05, 0) is 56.4 Å². The monoisotopic (exact) mass is 555 g/mol. The first-order valence-corrected chi connectivity index (χ1v) is 14.4. The van der Waals surface area contributed by atoms with E-state index in [2.05, 4.69) is 60.4 Å². The number of esters is 1. The quantitative estimate of drug-likeness (QED) is 0.158. The summed E-state index contributed by atoms with van der Waals surface area (Å²) in [7, 11) is 0. The number of ether oxygens (including phenoxy) is 3. The van der Waals surface area contributed by atoms with E-state index in [1.807, 2.05) is 6.07 Å². The van der Waals surface area contributed by atoms with Crippen LogP contribution in [0.5, 0.6) is 5.75 Å². The van der Waals surface area contributed by atoms with Crippen LogP contribution in [0.3, 0.4) is 0 Å². The molecule has 1 aromatic heterocycles. The van der Waals surface area contributed by atoms with Crippen molar-refractivity contribution >= 4 is 16.9 Å². The van der Waals surface area contributed by atoms with Gasteiger partial charge in [0, 0.05) is 31.8 Å². The van der Waals surface area contributed by atoms with E-state index in [9.17, 15) is 9.59 Å². The molecule has 214 valence electrons. The largest absolute Gasteiger partial charge is 0.493 e. The number of fused-ring (bicyclic) bond motifs is 1. The number of likely N-dealkylation sites (tertiary alicyclic amines) is 1. The molecule has 7 heteroatoms. The van der Waals surface area contributed by atoms with Crippen LogP contribution >= 0.6 is 0 Å². The molecule has 7 nitrogen and oxygen atoms in total. The van der Waals surface area contributed by atoms with Crippen molar-refractivity contribution in [1.29, 1.82) is 0 Å². The fraction of sp³-hybridized carbons (Fsp3) is 0.353. The smallest absolute Gasteiger partial charge is 0.374 e. The van der Waals surface area contributed by atoms with Gasteiger partial charge in [0.1, 0.15) is 17.4 Å². The van der Waals surface area contributed by atoms with Crippen LogP contribution in [0.1, 0.15) is 59.5 Å². The minimum atomic E-state index is -0.655. The molecule has 0 spiro atoms. The summed E-state index contributed by atoms with van der Waals surface area (Å²) in [4.78, 5) is 26.8. The fourth-order valence-electron chi connectivity index (χ4n) is 5.19. The van der Waals surface area contributed by atoms with Gasteiger partial charge in [0.05, 0.1) is 24.7 Å². The minimum absolute atomic E-state index is 0.0681. The Kier molecular flexibility index (Phi) is 9.49. The second-order valence-corrected chi connectivity index (χ2v) is 10.4. The highest BCUT2D eigenvalue weighted by Crippen LogP contribution is 2.30. The molecule has 1 aliphatic heterocycles. The van der Waals surface area contributed by atoms with Crippen LogP contribution < -0.4 is 10.2 Å². The second-order valence-electron chi connectivity index (χ2n) is 10.4. The van der Waals surface area contributed by atoms with Gasteiger partial charge in [-0.1, -0.05) is 60.2 Å². The number of nitrogens with zero attached hydrogens (tertiary/aromatic N) is 1. The summed E-state index contributed by atoms with van der Waals surface area (Å²) in [5.74, 6) is -0.169. The SMILES string of the molecule is CCOC(=O)c1cc(=O)c2ccc(OCCCN3CCC(OC(c4ccccc4)c4ccc(C)cc4)CC3)cc2o1. The van der Waals surface area contributed by atoms with Gasteiger partial charge < -0.3 is 23.5 Å². The van der Waals surface area contributed by atoms with Crippen LogP contribution in [0.4, 0.5) is 0 Å². The van der Waals surface area contributed by atoms with Crippen molar-refractivity contribution in [1.82, 2.24) is 4.90 Å². The molecular weight excluding hydrogens is 518 g/mol. The highest BCUT2D eigenvalue weighted by Gasteiger charge is 2.24. The van der Waals surface area contributed by atoms with Crippen molar-refractivity contribution < 1.29 is 23.4 Å². The average Bonchev–Trinajstić information content (AvgIpc) is 3.00. The normalized spacial score (nSPS) is 15.1. The highest BCUT2D eigenvalue weighted by atomic mass is 16.5. The lowest BCUT2D eigenvalue weighted by molar-refractivity contribution is -0.0273. The molecular formula is C34H37NO6. The van der Waals surface area contributed by atoms with E-state index in [1.165, 1.54) is 22.8 Å². The number of rotatable bonds is 11. The Balaban J connectivity index is 1.10. The molecule has 0 aliphatic carbocycles. The van der Waals surface area contributed by atoms with Crippen molar-refractivity contribution in [2.75, 3.05) is 32.8 Å². The summed E-state index contributed by atoms with van der Waals surface area (Å²) >= 11 is 0. The molecule has 0 N–H and O–H groups in total. The molecule has 1 saturated heterocycles. The lowest BCUT2D eigenvalue weighted by atomic mass is 9.99. The first-order valence-electron chi connectivity index (χ1n) is 14.4. The third-order valence-corrected chi connectivity index (χ3v) is 7.41. The summed E-state index contributed by atoms with van der Waals surface area (Å²) < 4.78 is 23.2. The summed E-state index contributed by atoms with van der Waals surface area (Å²) in [6.07, 6.45) is 2.99. The first-order chi connectivity index (χ1) is 20.0. The van der Waals surface area contributed by atoms with Gasteiger partial charge in [0.15, 0.2) is 5.43 Å². The number of benzene rings is 3. The maximum Gasteiger partial charge on any atom is 0.374 e. The van der Waals surface area contributed by atoms with Gasteiger partial charge in [-0.15, -0.1) is 0 Å². The molecule has 0 amide bonds. The van der Waals surface area contributed by atoms with Crippen molar-refractivity contribution in [3.63, 3.8) is 0 Å². The Labute approximate surface area is 240 Å². The van der Waals surface area contributed by atoms with E-state index in [0.717, 1.165) is 38.9 Å². The van der Waals surface area contributed by atoms with Gasteiger partial charge in [-0.3, -0.25) is 4.79 Å².